The first-order valence-electron chi connectivity index (χ1n) is 7.49. The van der Waals surface area contributed by atoms with Crippen LogP contribution in [0.2, 0.25) is 0 Å². The average molecular weight is 275 g/mol. The summed E-state index contributed by atoms with van der Waals surface area (Å²) in [4.78, 5) is 12.3. The van der Waals surface area contributed by atoms with Crippen LogP contribution in [0.25, 0.3) is 0 Å². The van der Waals surface area contributed by atoms with Gasteiger partial charge in [0.25, 0.3) is 0 Å². The summed E-state index contributed by atoms with van der Waals surface area (Å²) in [5.74, 6) is 1.62. The molecule has 3 rings (SSSR count). The lowest BCUT2D eigenvalue weighted by molar-refractivity contribution is 0.0963. The number of nitrogens with one attached hydrogen (secondary N) is 1. The van der Waals surface area contributed by atoms with Crippen LogP contribution < -0.4 is 14.8 Å². The average Bonchev–Trinajstić information content (AvgIpc) is 2.72. The Bertz CT molecular complexity index is 481. The van der Waals surface area contributed by atoms with Gasteiger partial charge in [0, 0.05) is 24.4 Å². The topological polar surface area (TPSA) is 47.6 Å². The minimum Gasteiger partial charge on any atom is -0.490 e. The van der Waals surface area contributed by atoms with E-state index in [9.17, 15) is 4.79 Å². The molecule has 0 bridgehead atoms. The third kappa shape index (κ3) is 3.12. The highest BCUT2D eigenvalue weighted by atomic mass is 16.5. The van der Waals surface area contributed by atoms with Crippen LogP contribution in [0.15, 0.2) is 18.2 Å². The standard InChI is InChI=1S/C16H21NO3/c18-14(11-13-4-1-2-7-17-13)12-5-6-15-16(10-12)20-9-3-8-19-15/h5-6,10,13,17H,1-4,7-9,11H2. The maximum Gasteiger partial charge on any atom is 0.164 e. The van der Waals surface area contributed by atoms with Gasteiger partial charge in [-0.05, 0) is 37.6 Å². The quantitative estimate of drug-likeness (QED) is 0.861. The largest absolute Gasteiger partial charge is 0.490 e. The van der Waals surface area contributed by atoms with E-state index >= 15 is 0 Å². The van der Waals surface area contributed by atoms with Crippen molar-refractivity contribution in [1.82, 2.24) is 5.32 Å². The molecular formula is C16H21NO3. The molecule has 4 nitrogen and oxygen atoms in total. The predicted molar refractivity (Wildman–Crippen MR) is 76.6 cm³/mol. The Morgan fingerprint density at radius 2 is 2.00 bits per heavy atom. The van der Waals surface area contributed by atoms with Crippen LogP contribution in [-0.4, -0.2) is 31.6 Å². The number of Topliss-reactive ketones (excluding diaryl/α,β-unsaturated/α-hetero) is 1. The number of benzene rings is 1. The van der Waals surface area contributed by atoms with E-state index in [0.717, 1.165) is 30.7 Å². The fourth-order valence-corrected chi connectivity index (χ4v) is 2.78. The molecule has 4 heteroatoms. The van der Waals surface area contributed by atoms with Crippen LogP contribution in [-0.2, 0) is 0 Å². The van der Waals surface area contributed by atoms with E-state index in [0.29, 0.717) is 31.4 Å². The molecule has 0 aromatic heterocycles. The Hall–Kier alpha value is -1.55. The first kappa shape index (κ1) is 13.4. The molecule has 2 heterocycles. The molecule has 1 unspecified atom stereocenters. The summed E-state index contributed by atoms with van der Waals surface area (Å²) in [6, 6.07) is 5.85. The summed E-state index contributed by atoms with van der Waals surface area (Å²) < 4.78 is 11.2. The number of fused-ring (bicyclic) bond motifs is 1. The molecule has 0 amide bonds. The van der Waals surface area contributed by atoms with Gasteiger partial charge in [-0.15, -0.1) is 0 Å². The zero-order chi connectivity index (χ0) is 13.8. The number of ether oxygens (including phenoxy) is 2. The Balaban J connectivity index is 1.69. The van der Waals surface area contributed by atoms with Crippen LogP contribution in [0.1, 0.15) is 42.5 Å². The fraction of sp³-hybridized carbons (Fsp3) is 0.562. The van der Waals surface area contributed by atoms with Gasteiger partial charge in [-0.25, -0.2) is 0 Å². The lowest BCUT2D eigenvalue weighted by atomic mass is 9.97. The van der Waals surface area contributed by atoms with Crippen LogP contribution in [0.5, 0.6) is 11.5 Å². The van der Waals surface area contributed by atoms with Crippen molar-refractivity contribution in [3.8, 4) is 11.5 Å². The summed E-state index contributed by atoms with van der Waals surface area (Å²) in [5.41, 5.74) is 0.724. The zero-order valence-electron chi connectivity index (χ0n) is 11.7. The van der Waals surface area contributed by atoms with Crippen molar-refractivity contribution in [3.63, 3.8) is 0 Å². The van der Waals surface area contributed by atoms with E-state index in [-0.39, 0.29) is 5.78 Å². The maximum absolute atomic E-state index is 12.3. The highest BCUT2D eigenvalue weighted by Crippen LogP contribution is 2.31. The van der Waals surface area contributed by atoms with Crippen LogP contribution in [0, 0.1) is 0 Å². The van der Waals surface area contributed by atoms with E-state index < -0.39 is 0 Å². The van der Waals surface area contributed by atoms with Crippen molar-refractivity contribution in [2.75, 3.05) is 19.8 Å². The number of hydrogen-bond acceptors (Lipinski definition) is 4. The monoisotopic (exact) mass is 275 g/mol. The number of ketones is 1. The van der Waals surface area contributed by atoms with Gasteiger partial charge < -0.3 is 14.8 Å². The second-order valence-electron chi connectivity index (χ2n) is 5.49. The Kier molecular flexibility index (Phi) is 4.21. The molecule has 2 aliphatic rings. The Morgan fingerprint density at radius 3 is 2.80 bits per heavy atom. The van der Waals surface area contributed by atoms with E-state index in [1.54, 1.807) is 0 Å². The molecule has 1 aromatic carbocycles. The summed E-state index contributed by atoms with van der Waals surface area (Å²) in [6.45, 7) is 2.35. The van der Waals surface area contributed by atoms with E-state index in [2.05, 4.69) is 5.32 Å². The molecule has 0 radical (unpaired) electrons. The molecule has 0 saturated carbocycles. The van der Waals surface area contributed by atoms with Crippen molar-refractivity contribution >= 4 is 5.78 Å². The number of carbonyl (C=O) groups is 1. The molecule has 0 aliphatic carbocycles. The third-order valence-electron chi connectivity index (χ3n) is 3.91. The van der Waals surface area contributed by atoms with Crippen molar-refractivity contribution in [1.29, 1.82) is 0 Å². The lowest BCUT2D eigenvalue weighted by Gasteiger charge is -2.22. The minimum atomic E-state index is 0.181. The number of piperidine rings is 1. The number of hydrogen-bond donors (Lipinski definition) is 1. The van der Waals surface area contributed by atoms with Gasteiger partial charge in [0.1, 0.15) is 0 Å². The second kappa shape index (κ2) is 6.27. The molecule has 0 spiro atoms. The molecule has 1 aromatic rings. The second-order valence-corrected chi connectivity index (χ2v) is 5.49. The molecular weight excluding hydrogens is 254 g/mol. The van der Waals surface area contributed by atoms with Gasteiger partial charge in [-0.3, -0.25) is 4.79 Å². The predicted octanol–water partition coefficient (Wildman–Crippen LogP) is 2.56. The first-order chi connectivity index (χ1) is 9.83. The number of rotatable bonds is 3. The van der Waals surface area contributed by atoms with Crippen molar-refractivity contribution < 1.29 is 14.3 Å². The van der Waals surface area contributed by atoms with E-state index in [1.807, 2.05) is 18.2 Å². The minimum absolute atomic E-state index is 0.181. The molecule has 1 N–H and O–H groups in total. The molecule has 1 atom stereocenters. The van der Waals surface area contributed by atoms with Gasteiger partial charge in [0.15, 0.2) is 17.3 Å². The lowest BCUT2D eigenvalue weighted by Crippen LogP contribution is -2.35. The summed E-state index contributed by atoms with van der Waals surface area (Å²) >= 11 is 0. The fourth-order valence-electron chi connectivity index (χ4n) is 2.78. The maximum atomic E-state index is 12.3. The van der Waals surface area contributed by atoms with Crippen molar-refractivity contribution in [2.45, 2.75) is 38.1 Å². The van der Waals surface area contributed by atoms with Crippen molar-refractivity contribution in [3.05, 3.63) is 23.8 Å². The van der Waals surface area contributed by atoms with E-state index in [1.165, 1.54) is 12.8 Å². The third-order valence-corrected chi connectivity index (χ3v) is 3.91. The molecule has 1 fully saturated rings. The SMILES string of the molecule is O=C(CC1CCCCN1)c1ccc2c(c1)OCCCO2. The number of carbonyl (C=O) groups excluding carboxylic acids is 1. The van der Waals surface area contributed by atoms with Crippen molar-refractivity contribution in [2.24, 2.45) is 0 Å². The van der Waals surface area contributed by atoms with Gasteiger partial charge in [-0.2, -0.15) is 0 Å². The molecule has 1 saturated heterocycles. The van der Waals surface area contributed by atoms with Gasteiger partial charge >= 0.3 is 0 Å². The highest BCUT2D eigenvalue weighted by molar-refractivity contribution is 5.97. The zero-order valence-corrected chi connectivity index (χ0v) is 11.7. The molecule has 20 heavy (non-hydrogen) atoms. The summed E-state index contributed by atoms with van der Waals surface area (Å²) in [5, 5.41) is 3.42. The highest BCUT2D eigenvalue weighted by Gasteiger charge is 2.19. The normalized spacial score (nSPS) is 22.1. The Morgan fingerprint density at radius 1 is 1.15 bits per heavy atom. The van der Waals surface area contributed by atoms with Crippen LogP contribution in [0.4, 0.5) is 0 Å². The first-order valence-corrected chi connectivity index (χ1v) is 7.49. The van der Waals surface area contributed by atoms with Crippen LogP contribution in [0.3, 0.4) is 0 Å². The van der Waals surface area contributed by atoms with Crippen LogP contribution >= 0.6 is 0 Å². The summed E-state index contributed by atoms with van der Waals surface area (Å²) in [6.07, 6.45) is 4.97. The molecule has 2 aliphatic heterocycles. The summed E-state index contributed by atoms with van der Waals surface area (Å²) in [7, 11) is 0. The van der Waals surface area contributed by atoms with Gasteiger partial charge in [0.2, 0.25) is 0 Å². The smallest absolute Gasteiger partial charge is 0.164 e. The van der Waals surface area contributed by atoms with Gasteiger partial charge in [0.05, 0.1) is 13.2 Å². The Labute approximate surface area is 119 Å². The molecule has 108 valence electrons. The van der Waals surface area contributed by atoms with Gasteiger partial charge in [-0.1, -0.05) is 6.42 Å². The van der Waals surface area contributed by atoms with E-state index in [4.69, 9.17) is 9.47 Å².